The summed E-state index contributed by atoms with van der Waals surface area (Å²) in [5.74, 6) is 0.100. The molecule has 26 heavy (non-hydrogen) atoms. The Bertz CT molecular complexity index is 843. The Labute approximate surface area is 158 Å². The number of rotatable bonds is 8. The minimum atomic E-state index is -3.55. The molecule has 0 saturated heterocycles. The van der Waals surface area contributed by atoms with Crippen molar-refractivity contribution in [2.24, 2.45) is 0 Å². The zero-order chi connectivity index (χ0) is 19.2. The number of hydrogen-bond acceptors (Lipinski definition) is 4. The van der Waals surface area contributed by atoms with Crippen LogP contribution >= 0.6 is 11.6 Å². The predicted molar refractivity (Wildman–Crippen MR) is 102 cm³/mol. The summed E-state index contributed by atoms with van der Waals surface area (Å²) in [5.41, 5.74) is 0.588. The number of ether oxygens (including phenoxy) is 1. The molecular formula is C18H21ClN2O4S. The Morgan fingerprint density at radius 2 is 1.77 bits per heavy atom. The van der Waals surface area contributed by atoms with Crippen LogP contribution in [0.5, 0.6) is 5.75 Å². The van der Waals surface area contributed by atoms with Gasteiger partial charge in [-0.25, -0.2) is 8.42 Å². The SMILES string of the molecule is CN([C@@H](C(=O)NCCOc1ccccc1Cl)c1ccccc1)S(C)(=O)=O. The van der Waals surface area contributed by atoms with E-state index in [2.05, 4.69) is 5.32 Å². The largest absolute Gasteiger partial charge is 0.490 e. The fourth-order valence-electron chi connectivity index (χ4n) is 2.35. The van der Waals surface area contributed by atoms with Gasteiger partial charge in [-0.05, 0) is 17.7 Å². The Morgan fingerprint density at radius 3 is 2.38 bits per heavy atom. The molecule has 0 bridgehead atoms. The molecule has 0 aliphatic carbocycles. The summed E-state index contributed by atoms with van der Waals surface area (Å²) in [7, 11) is -2.17. The van der Waals surface area contributed by atoms with Crippen molar-refractivity contribution in [2.45, 2.75) is 6.04 Å². The van der Waals surface area contributed by atoms with E-state index >= 15 is 0 Å². The number of sulfonamides is 1. The molecule has 0 saturated carbocycles. The highest BCUT2D eigenvalue weighted by atomic mass is 35.5. The maximum Gasteiger partial charge on any atom is 0.243 e. The first-order chi connectivity index (χ1) is 12.3. The van der Waals surface area contributed by atoms with Crippen LogP contribution in [0.25, 0.3) is 0 Å². The smallest absolute Gasteiger partial charge is 0.243 e. The first-order valence-electron chi connectivity index (χ1n) is 7.93. The van der Waals surface area contributed by atoms with Gasteiger partial charge >= 0.3 is 0 Å². The van der Waals surface area contributed by atoms with Crippen LogP contribution in [0, 0.1) is 0 Å². The van der Waals surface area contributed by atoms with Gasteiger partial charge in [-0.3, -0.25) is 4.79 Å². The van der Waals surface area contributed by atoms with Gasteiger partial charge in [0.1, 0.15) is 18.4 Å². The minimum absolute atomic E-state index is 0.208. The summed E-state index contributed by atoms with van der Waals surface area (Å²) in [6, 6.07) is 14.8. The third-order valence-corrected chi connectivity index (χ3v) is 5.32. The maximum atomic E-state index is 12.6. The second-order valence-electron chi connectivity index (χ2n) is 5.66. The van der Waals surface area contributed by atoms with Crippen LogP contribution < -0.4 is 10.1 Å². The number of nitrogens with zero attached hydrogens (tertiary/aromatic N) is 1. The van der Waals surface area contributed by atoms with Crippen molar-refractivity contribution in [3.63, 3.8) is 0 Å². The molecule has 140 valence electrons. The second kappa shape index (κ2) is 9.02. The third kappa shape index (κ3) is 5.45. The topological polar surface area (TPSA) is 75.7 Å². The van der Waals surface area contributed by atoms with E-state index in [4.69, 9.17) is 16.3 Å². The molecule has 0 aromatic heterocycles. The van der Waals surface area contributed by atoms with Crippen molar-refractivity contribution in [2.75, 3.05) is 26.5 Å². The maximum absolute atomic E-state index is 12.6. The fraction of sp³-hybridized carbons (Fsp3) is 0.278. The van der Waals surface area contributed by atoms with Crippen molar-refractivity contribution in [1.82, 2.24) is 9.62 Å². The highest BCUT2D eigenvalue weighted by Gasteiger charge is 2.30. The Morgan fingerprint density at radius 1 is 1.15 bits per heavy atom. The summed E-state index contributed by atoms with van der Waals surface area (Å²) < 4.78 is 30.4. The molecule has 8 heteroatoms. The number of para-hydroxylation sites is 1. The van der Waals surface area contributed by atoms with E-state index in [1.54, 1.807) is 54.6 Å². The first-order valence-corrected chi connectivity index (χ1v) is 10.2. The predicted octanol–water partition coefficient (Wildman–Crippen LogP) is 2.47. The molecule has 0 unspecified atom stereocenters. The molecule has 2 rings (SSSR count). The molecule has 2 aromatic rings. The normalized spacial score (nSPS) is 12.6. The monoisotopic (exact) mass is 396 g/mol. The van der Waals surface area contributed by atoms with E-state index in [-0.39, 0.29) is 13.2 Å². The second-order valence-corrected chi connectivity index (χ2v) is 8.11. The number of likely N-dealkylation sites (N-methyl/N-ethyl adjacent to an activating group) is 1. The lowest BCUT2D eigenvalue weighted by Gasteiger charge is -2.25. The first kappa shape index (κ1) is 20.2. The summed E-state index contributed by atoms with van der Waals surface area (Å²) in [4.78, 5) is 12.6. The van der Waals surface area contributed by atoms with Crippen molar-refractivity contribution < 1.29 is 17.9 Å². The van der Waals surface area contributed by atoms with Crippen molar-refractivity contribution in [1.29, 1.82) is 0 Å². The summed E-state index contributed by atoms with van der Waals surface area (Å²) >= 11 is 6.00. The lowest BCUT2D eigenvalue weighted by molar-refractivity contribution is -0.124. The Kier molecular flexibility index (Phi) is 7.02. The fourth-order valence-corrected chi connectivity index (χ4v) is 3.14. The number of halogens is 1. The van der Waals surface area contributed by atoms with Gasteiger partial charge in [0.2, 0.25) is 15.9 Å². The van der Waals surface area contributed by atoms with Gasteiger partial charge in [0.05, 0.1) is 17.8 Å². The van der Waals surface area contributed by atoms with E-state index in [1.165, 1.54) is 7.05 Å². The van der Waals surface area contributed by atoms with Crippen LogP contribution in [0.15, 0.2) is 54.6 Å². The molecular weight excluding hydrogens is 376 g/mol. The van der Waals surface area contributed by atoms with Crippen LogP contribution in [-0.4, -0.2) is 45.1 Å². The quantitative estimate of drug-likeness (QED) is 0.695. The highest BCUT2D eigenvalue weighted by Crippen LogP contribution is 2.23. The molecule has 0 spiro atoms. The van der Waals surface area contributed by atoms with Gasteiger partial charge in [0.15, 0.2) is 0 Å². The highest BCUT2D eigenvalue weighted by molar-refractivity contribution is 7.88. The number of carbonyl (C=O) groups is 1. The lowest BCUT2D eigenvalue weighted by Crippen LogP contribution is -2.42. The van der Waals surface area contributed by atoms with Crippen LogP contribution in [0.2, 0.25) is 5.02 Å². The van der Waals surface area contributed by atoms with Gasteiger partial charge in [0, 0.05) is 7.05 Å². The van der Waals surface area contributed by atoms with E-state index in [0.717, 1.165) is 10.6 Å². The van der Waals surface area contributed by atoms with Crippen LogP contribution in [0.3, 0.4) is 0 Å². The lowest BCUT2D eigenvalue weighted by atomic mass is 10.1. The Balaban J connectivity index is 2.02. The zero-order valence-corrected chi connectivity index (χ0v) is 16.1. The molecule has 0 aliphatic rings. The van der Waals surface area contributed by atoms with Crippen LogP contribution in [-0.2, 0) is 14.8 Å². The van der Waals surface area contributed by atoms with Gasteiger partial charge in [0.25, 0.3) is 0 Å². The molecule has 6 nitrogen and oxygen atoms in total. The molecule has 0 aliphatic heterocycles. The summed E-state index contributed by atoms with van der Waals surface area (Å²) in [5, 5.41) is 3.19. The van der Waals surface area contributed by atoms with E-state index in [9.17, 15) is 13.2 Å². The van der Waals surface area contributed by atoms with Gasteiger partial charge in [-0.15, -0.1) is 0 Å². The third-order valence-electron chi connectivity index (χ3n) is 3.75. The Hall–Kier alpha value is -2.09. The molecule has 1 atom stereocenters. The number of hydrogen-bond donors (Lipinski definition) is 1. The van der Waals surface area contributed by atoms with E-state index in [0.29, 0.717) is 16.3 Å². The standard InChI is InChI=1S/C18H21ClN2O4S/c1-21(26(2,23)24)17(14-8-4-3-5-9-14)18(22)20-12-13-25-16-11-7-6-10-15(16)19/h3-11,17H,12-13H2,1-2H3,(H,20,22)/t17-/m1/s1. The number of carbonyl (C=O) groups excluding carboxylic acids is 1. The number of benzene rings is 2. The molecule has 1 amide bonds. The van der Waals surface area contributed by atoms with Gasteiger partial charge < -0.3 is 10.1 Å². The van der Waals surface area contributed by atoms with Crippen LogP contribution in [0.1, 0.15) is 11.6 Å². The van der Waals surface area contributed by atoms with Crippen molar-refractivity contribution in [3.05, 3.63) is 65.2 Å². The van der Waals surface area contributed by atoms with E-state index < -0.39 is 22.0 Å². The number of nitrogens with one attached hydrogen (secondary N) is 1. The number of amides is 1. The van der Waals surface area contributed by atoms with Crippen molar-refractivity contribution >= 4 is 27.5 Å². The van der Waals surface area contributed by atoms with Crippen molar-refractivity contribution in [3.8, 4) is 5.75 Å². The molecule has 0 fully saturated rings. The molecule has 2 aromatic carbocycles. The van der Waals surface area contributed by atoms with Gasteiger partial charge in [-0.1, -0.05) is 54.1 Å². The summed E-state index contributed by atoms with van der Waals surface area (Å²) in [6.45, 7) is 0.421. The van der Waals surface area contributed by atoms with Gasteiger partial charge in [-0.2, -0.15) is 4.31 Å². The average molecular weight is 397 g/mol. The minimum Gasteiger partial charge on any atom is -0.490 e. The van der Waals surface area contributed by atoms with E-state index in [1.807, 2.05) is 0 Å². The van der Waals surface area contributed by atoms with Crippen LogP contribution in [0.4, 0.5) is 0 Å². The molecule has 0 radical (unpaired) electrons. The molecule has 0 heterocycles. The molecule has 1 N–H and O–H groups in total. The zero-order valence-electron chi connectivity index (χ0n) is 14.6. The average Bonchev–Trinajstić information content (AvgIpc) is 2.60. The summed E-state index contributed by atoms with van der Waals surface area (Å²) in [6.07, 6.45) is 1.07.